The van der Waals surface area contributed by atoms with Gasteiger partial charge in [-0.1, -0.05) is 5.92 Å². The lowest BCUT2D eigenvalue weighted by atomic mass is 10.3. The van der Waals surface area contributed by atoms with E-state index in [2.05, 4.69) is 26.5 Å². The molecule has 0 aliphatic rings. The molecule has 5 nitrogen and oxygen atoms in total. The van der Waals surface area contributed by atoms with Gasteiger partial charge in [-0.25, -0.2) is 14.8 Å². The highest BCUT2D eigenvalue weighted by atomic mass is 16.5. The molecular formula is C10H10N2O3. The fourth-order valence-electron chi connectivity index (χ4n) is 0.759. The number of nitrogens with zero attached hydrogens (tertiary/aromatic N) is 2. The predicted octanol–water partition coefficient (Wildman–Crippen LogP) is 0.400. The number of carbonyl (C=O) groups is 1. The summed E-state index contributed by atoms with van der Waals surface area (Å²) in [7, 11) is 1.27. The lowest BCUT2D eigenvalue weighted by molar-refractivity contribution is -0.133. The third-order valence-corrected chi connectivity index (χ3v) is 1.40. The van der Waals surface area contributed by atoms with Gasteiger partial charge in [0.2, 0.25) is 0 Å². The van der Waals surface area contributed by atoms with Crippen LogP contribution in [0.5, 0.6) is 6.01 Å². The highest BCUT2D eigenvalue weighted by Gasteiger charge is 1.95. The first-order valence-corrected chi connectivity index (χ1v) is 4.31. The fraction of sp³-hybridized carbons (Fsp3) is 0.300. The molecule has 0 spiro atoms. The molecule has 0 amide bonds. The van der Waals surface area contributed by atoms with Gasteiger partial charge in [0.1, 0.15) is 0 Å². The number of esters is 1. The van der Waals surface area contributed by atoms with Gasteiger partial charge >= 0.3 is 12.0 Å². The van der Waals surface area contributed by atoms with Crippen molar-refractivity contribution in [3.05, 3.63) is 18.0 Å². The monoisotopic (exact) mass is 206 g/mol. The summed E-state index contributed by atoms with van der Waals surface area (Å²) in [4.78, 5) is 18.5. The molecule has 1 aromatic heterocycles. The van der Waals surface area contributed by atoms with Gasteiger partial charge in [-0.3, -0.25) is 0 Å². The Labute approximate surface area is 87.4 Å². The molecule has 0 aliphatic heterocycles. The number of hydrogen-bond donors (Lipinski definition) is 0. The molecule has 0 N–H and O–H groups in total. The van der Waals surface area contributed by atoms with E-state index in [-0.39, 0.29) is 0 Å². The zero-order valence-corrected chi connectivity index (χ0v) is 8.48. The first-order chi connectivity index (χ1) is 7.26. The Morgan fingerprint density at radius 2 is 2.13 bits per heavy atom. The molecule has 0 unspecified atom stereocenters. The summed E-state index contributed by atoms with van der Waals surface area (Å²) in [6, 6.07) is 0.293. The van der Waals surface area contributed by atoms with Crippen LogP contribution in [0.4, 0.5) is 0 Å². The van der Waals surface area contributed by atoms with Crippen LogP contribution in [0.1, 0.15) is 12.5 Å². The molecule has 0 aliphatic carbocycles. The van der Waals surface area contributed by atoms with Gasteiger partial charge in [0.15, 0.2) is 0 Å². The SMILES string of the molecule is CCOc1ncc(C#CC(=O)OC)cn1. The van der Waals surface area contributed by atoms with Gasteiger partial charge < -0.3 is 9.47 Å². The molecule has 78 valence electrons. The van der Waals surface area contributed by atoms with E-state index in [9.17, 15) is 4.79 Å². The second-order valence-corrected chi connectivity index (χ2v) is 2.43. The number of rotatable bonds is 2. The Kier molecular flexibility index (Phi) is 4.10. The Morgan fingerprint density at radius 1 is 1.47 bits per heavy atom. The summed E-state index contributed by atoms with van der Waals surface area (Å²) >= 11 is 0. The minimum atomic E-state index is -0.594. The van der Waals surface area contributed by atoms with Crippen molar-refractivity contribution in [1.29, 1.82) is 0 Å². The van der Waals surface area contributed by atoms with E-state index in [4.69, 9.17) is 4.74 Å². The largest absolute Gasteiger partial charge is 0.464 e. The number of methoxy groups -OCH3 is 1. The lowest BCUT2D eigenvalue weighted by Crippen LogP contribution is -1.97. The van der Waals surface area contributed by atoms with Gasteiger partial charge in [0.05, 0.1) is 19.3 Å². The van der Waals surface area contributed by atoms with E-state index in [1.807, 2.05) is 6.92 Å². The van der Waals surface area contributed by atoms with Crippen molar-refractivity contribution in [3.8, 4) is 17.9 Å². The lowest BCUT2D eigenvalue weighted by Gasteiger charge is -1.98. The summed E-state index contributed by atoms with van der Waals surface area (Å²) in [6.45, 7) is 2.35. The number of hydrogen-bond acceptors (Lipinski definition) is 5. The van der Waals surface area contributed by atoms with E-state index < -0.39 is 5.97 Å². The number of ether oxygens (including phenoxy) is 2. The molecular weight excluding hydrogens is 196 g/mol. The average molecular weight is 206 g/mol. The van der Waals surface area contributed by atoms with Crippen molar-refractivity contribution < 1.29 is 14.3 Å². The molecule has 0 fully saturated rings. The molecule has 0 saturated heterocycles. The zero-order valence-electron chi connectivity index (χ0n) is 8.48. The van der Waals surface area contributed by atoms with Gasteiger partial charge in [-0.15, -0.1) is 0 Å². The summed E-state index contributed by atoms with van der Waals surface area (Å²) in [5, 5.41) is 0. The quantitative estimate of drug-likeness (QED) is 0.517. The van der Waals surface area contributed by atoms with E-state index in [1.165, 1.54) is 19.5 Å². The van der Waals surface area contributed by atoms with Crippen molar-refractivity contribution >= 4 is 5.97 Å². The molecule has 1 heterocycles. The molecule has 5 heteroatoms. The Hall–Kier alpha value is -2.09. The first kappa shape index (κ1) is 11.0. The average Bonchev–Trinajstić information content (AvgIpc) is 2.28. The summed E-state index contributed by atoms with van der Waals surface area (Å²) in [5.74, 6) is 4.23. The van der Waals surface area contributed by atoms with E-state index in [0.717, 1.165) is 0 Å². The Balaban J connectivity index is 2.70. The molecule has 1 aromatic rings. The summed E-state index contributed by atoms with van der Waals surface area (Å²) in [6.07, 6.45) is 2.96. The molecule has 0 aromatic carbocycles. The Bertz CT molecular complexity index is 389. The van der Waals surface area contributed by atoms with Crippen LogP contribution in [-0.4, -0.2) is 29.7 Å². The maximum atomic E-state index is 10.7. The predicted molar refractivity (Wildman–Crippen MR) is 52.1 cm³/mol. The van der Waals surface area contributed by atoms with Crippen LogP contribution in [0.25, 0.3) is 0 Å². The molecule has 1 rings (SSSR count). The summed E-state index contributed by atoms with van der Waals surface area (Å²) < 4.78 is 9.40. The maximum absolute atomic E-state index is 10.7. The van der Waals surface area contributed by atoms with Crippen molar-refractivity contribution in [2.75, 3.05) is 13.7 Å². The normalized spacial score (nSPS) is 8.67. The highest BCUT2D eigenvalue weighted by molar-refractivity contribution is 5.88. The van der Waals surface area contributed by atoms with Crippen molar-refractivity contribution in [3.63, 3.8) is 0 Å². The topological polar surface area (TPSA) is 61.3 Å². The van der Waals surface area contributed by atoms with Crippen LogP contribution in [-0.2, 0) is 9.53 Å². The Morgan fingerprint density at radius 3 is 2.67 bits per heavy atom. The van der Waals surface area contributed by atoms with Crippen molar-refractivity contribution in [2.24, 2.45) is 0 Å². The van der Waals surface area contributed by atoms with Gasteiger partial charge in [0, 0.05) is 18.3 Å². The third kappa shape index (κ3) is 3.65. The minimum absolute atomic E-state index is 0.293. The number of carbonyl (C=O) groups excluding carboxylic acids is 1. The number of aromatic nitrogens is 2. The molecule has 0 saturated carbocycles. The van der Waals surface area contributed by atoms with Crippen molar-refractivity contribution in [1.82, 2.24) is 9.97 Å². The first-order valence-electron chi connectivity index (χ1n) is 4.31. The minimum Gasteiger partial charge on any atom is -0.464 e. The van der Waals surface area contributed by atoms with Crippen LogP contribution in [0, 0.1) is 11.8 Å². The third-order valence-electron chi connectivity index (χ3n) is 1.40. The van der Waals surface area contributed by atoms with Crippen LogP contribution >= 0.6 is 0 Å². The van der Waals surface area contributed by atoms with E-state index >= 15 is 0 Å². The van der Waals surface area contributed by atoms with E-state index in [1.54, 1.807) is 0 Å². The van der Waals surface area contributed by atoms with Crippen LogP contribution in [0.2, 0.25) is 0 Å². The second kappa shape index (κ2) is 5.60. The molecule has 0 bridgehead atoms. The van der Waals surface area contributed by atoms with Gasteiger partial charge in [-0.2, -0.15) is 0 Å². The van der Waals surface area contributed by atoms with Gasteiger partial charge in [0.25, 0.3) is 0 Å². The standard InChI is InChI=1S/C10H10N2O3/c1-3-15-10-11-6-8(7-12-10)4-5-9(13)14-2/h6-7H,3H2,1-2H3. The fourth-order valence-corrected chi connectivity index (χ4v) is 0.759. The summed E-state index contributed by atoms with van der Waals surface area (Å²) in [5.41, 5.74) is 0.531. The van der Waals surface area contributed by atoms with Crippen LogP contribution in [0.3, 0.4) is 0 Å². The van der Waals surface area contributed by atoms with Crippen LogP contribution < -0.4 is 4.74 Å². The molecule has 0 radical (unpaired) electrons. The smallest absolute Gasteiger partial charge is 0.384 e. The second-order valence-electron chi connectivity index (χ2n) is 2.43. The molecule has 15 heavy (non-hydrogen) atoms. The zero-order chi connectivity index (χ0) is 11.1. The van der Waals surface area contributed by atoms with Gasteiger partial charge in [-0.05, 0) is 6.92 Å². The van der Waals surface area contributed by atoms with Crippen LogP contribution in [0.15, 0.2) is 12.4 Å². The van der Waals surface area contributed by atoms with Crippen molar-refractivity contribution in [2.45, 2.75) is 6.92 Å². The van der Waals surface area contributed by atoms with E-state index in [0.29, 0.717) is 18.2 Å². The molecule has 0 atom stereocenters. The maximum Gasteiger partial charge on any atom is 0.384 e. The highest BCUT2D eigenvalue weighted by Crippen LogP contribution is 2.00.